The first-order valence-electron chi connectivity index (χ1n) is 11.9. The molecule has 9 heteroatoms. The van der Waals surface area contributed by atoms with Crippen molar-refractivity contribution in [1.82, 2.24) is 24.2 Å². The van der Waals surface area contributed by atoms with E-state index in [-0.39, 0.29) is 17.6 Å². The quantitative estimate of drug-likeness (QED) is 0.366. The van der Waals surface area contributed by atoms with Gasteiger partial charge in [0.15, 0.2) is 5.76 Å². The summed E-state index contributed by atoms with van der Waals surface area (Å²) in [6.07, 6.45) is 1.37. The molecule has 1 N–H and O–H groups in total. The zero-order valence-corrected chi connectivity index (χ0v) is 20.4. The van der Waals surface area contributed by atoms with Gasteiger partial charge in [0.1, 0.15) is 17.1 Å². The van der Waals surface area contributed by atoms with Gasteiger partial charge in [-0.15, -0.1) is 0 Å². The Bertz CT molecular complexity index is 1630. The Morgan fingerprint density at radius 2 is 1.86 bits per heavy atom. The first-order chi connectivity index (χ1) is 17.5. The van der Waals surface area contributed by atoms with Crippen LogP contribution in [0.15, 0.2) is 75.9 Å². The fraction of sp³-hybridized carbons (Fsp3) is 0.222. The number of halogens is 1. The van der Waals surface area contributed by atoms with Crippen LogP contribution in [0.1, 0.15) is 35.1 Å². The second-order valence-electron chi connectivity index (χ2n) is 9.06. The molecule has 0 spiro atoms. The number of carbonyl (C=O) groups excluding carboxylic acids is 1. The lowest BCUT2D eigenvalue weighted by atomic mass is 10.0. The topological polar surface area (TPSA) is 89.1 Å². The Labute approximate surface area is 211 Å². The molecule has 2 aromatic carbocycles. The molecule has 5 aromatic rings. The fourth-order valence-corrected chi connectivity index (χ4v) is 5.14. The van der Waals surface area contributed by atoms with Crippen LogP contribution < -0.4 is 5.69 Å². The molecule has 6 rings (SSSR count). The van der Waals surface area contributed by atoms with Crippen molar-refractivity contribution in [2.75, 3.05) is 13.1 Å². The molecule has 8 nitrogen and oxygen atoms in total. The smallest absolute Gasteiger partial charge is 0.326 e. The highest BCUT2D eigenvalue weighted by Crippen LogP contribution is 2.29. The predicted molar refractivity (Wildman–Crippen MR) is 138 cm³/mol. The van der Waals surface area contributed by atoms with Crippen molar-refractivity contribution in [2.24, 2.45) is 0 Å². The first-order valence-corrected chi connectivity index (χ1v) is 12.3. The van der Waals surface area contributed by atoms with Gasteiger partial charge in [-0.05, 0) is 62.2 Å². The number of likely N-dealkylation sites (tertiary alicyclic amines) is 1. The SMILES string of the molecule is Cc1ccc(-c2cc(C(=O)N3CCC(n4c(=O)[nH]c5ccccc54)CC3)n(-c3cccc(Cl)c3)n2)o1. The van der Waals surface area contributed by atoms with Crippen LogP contribution in [-0.2, 0) is 0 Å². The van der Waals surface area contributed by atoms with Crippen molar-refractivity contribution < 1.29 is 9.21 Å². The standard InChI is InChI=1S/C27H24ClN5O3/c1-17-9-10-25(36-17)22-16-24(33(30-22)20-6-4-5-18(28)15-20)26(34)31-13-11-19(12-14-31)32-23-8-3-2-7-21(23)29-27(32)35/h2-10,15-16,19H,11-14H2,1H3,(H,29,35). The number of hydrogen-bond donors (Lipinski definition) is 1. The largest absolute Gasteiger partial charge is 0.460 e. The van der Waals surface area contributed by atoms with Crippen LogP contribution in [-0.4, -0.2) is 43.2 Å². The summed E-state index contributed by atoms with van der Waals surface area (Å²) in [5, 5.41) is 5.25. The third-order valence-electron chi connectivity index (χ3n) is 6.71. The molecule has 1 saturated heterocycles. The number of para-hydroxylation sites is 2. The van der Waals surface area contributed by atoms with E-state index in [9.17, 15) is 9.59 Å². The molecule has 182 valence electrons. The number of fused-ring (bicyclic) bond motifs is 1. The van der Waals surface area contributed by atoms with Crippen molar-refractivity contribution in [3.63, 3.8) is 0 Å². The van der Waals surface area contributed by atoms with Gasteiger partial charge in [0.05, 0.1) is 16.7 Å². The van der Waals surface area contributed by atoms with Gasteiger partial charge in [0.2, 0.25) is 0 Å². The Balaban J connectivity index is 1.29. The van der Waals surface area contributed by atoms with Crippen LogP contribution >= 0.6 is 11.6 Å². The van der Waals surface area contributed by atoms with Gasteiger partial charge in [0, 0.05) is 30.2 Å². The highest BCUT2D eigenvalue weighted by atomic mass is 35.5. The van der Waals surface area contributed by atoms with Crippen LogP contribution in [0, 0.1) is 6.92 Å². The summed E-state index contributed by atoms with van der Waals surface area (Å²) in [7, 11) is 0. The fourth-order valence-electron chi connectivity index (χ4n) is 4.96. The van der Waals surface area contributed by atoms with Crippen molar-refractivity contribution in [3.05, 3.63) is 93.7 Å². The van der Waals surface area contributed by atoms with Gasteiger partial charge >= 0.3 is 5.69 Å². The van der Waals surface area contributed by atoms with Crippen LogP contribution in [0.3, 0.4) is 0 Å². The maximum absolute atomic E-state index is 13.7. The number of aryl methyl sites for hydroxylation is 1. The summed E-state index contributed by atoms with van der Waals surface area (Å²) in [6.45, 7) is 2.93. The Morgan fingerprint density at radius 1 is 1.06 bits per heavy atom. The summed E-state index contributed by atoms with van der Waals surface area (Å²) in [4.78, 5) is 31.1. The summed E-state index contributed by atoms with van der Waals surface area (Å²) < 4.78 is 9.21. The summed E-state index contributed by atoms with van der Waals surface area (Å²) >= 11 is 6.24. The molecule has 36 heavy (non-hydrogen) atoms. The summed E-state index contributed by atoms with van der Waals surface area (Å²) in [5.41, 5.74) is 3.31. The van der Waals surface area contributed by atoms with Gasteiger partial charge in [-0.25, -0.2) is 9.48 Å². The minimum absolute atomic E-state index is 0.0252. The van der Waals surface area contributed by atoms with E-state index >= 15 is 0 Å². The predicted octanol–water partition coefficient (Wildman–Crippen LogP) is 5.21. The monoisotopic (exact) mass is 501 g/mol. The van der Waals surface area contributed by atoms with E-state index in [4.69, 9.17) is 16.0 Å². The zero-order chi connectivity index (χ0) is 24.8. The Hall–Kier alpha value is -4.04. The van der Waals surface area contributed by atoms with Gasteiger partial charge in [-0.1, -0.05) is 29.8 Å². The number of aromatic amines is 1. The number of H-pyrrole nitrogens is 1. The van der Waals surface area contributed by atoms with E-state index in [2.05, 4.69) is 10.1 Å². The number of furan rings is 1. The number of hydrogen-bond acceptors (Lipinski definition) is 4. The zero-order valence-electron chi connectivity index (χ0n) is 19.6. The van der Waals surface area contributed by atoms with E-state index in [0.717, 1.165) is 16.8 Å². The molecule has 0 atom stereocenters. The lowest BCUT2D eigenvalue weighted by Crippen LogP contribution is -2.41. The number of carbonyl (C=O) groups is 1. The molecule has 1 fully saturated rings. The van der Waals surface area contributed by atoms with Crippen molar-refractivity contribution in [2.45, 2.75) is 25.8 Å². The Morgan fingerprint density at radius 3 is 2.61 bits per heavy atom. The van der Waals surface area contributed by atoms with Crippen LogP contribution in [0.4, 0.5) is 0 Å². The van der Waals surface area contributed by atoms with E-state index < -0.39 is 0 Å². The lowest BCUT2D eigenvalue weighted by molar-refractivity contribution is 0.0685. The third-order valence-corrected chi connectivity index (χ3v) is 6.95. The van der Waals surface area contributed by atoms with Crippen molar-refractivity contribution in [3.8, 4) is 17.1 Å². The molecule has 0 unspecified atom stereocenters. The van der Waals surface area contributed by atoms with Crippen molar-refractivity contribution >= 4 is 28.5 Å². The number of piperidine rings is 1. The van der Waals surface area contributed by atoms with Gasteiger partial charge in [-0.3, -0.25) is 9.36 Å². The van der Waals surface area contributed by atoms with Crippen LogP contribution in [0.5, 0.6) is 0 Å². The highest BCUT2D eigenvalue weighted by Gasteiger charge is 2.29. The summed E-state index contributed by atoms with van der Waals surface area (Å²) in [6, 6.07) is 20.4. The minimum atomic E-state index is -0.123. The van der Waals surface area contributed by atoms with Gasteiger partial charge in [0.25, 0.3) is 5.91 Å². The maximum atomic E-state index is 13.7. The highest BCUT2D eigenvalue weighted by molar-refractivity contribution is 6.30. The van der Waals surface area contributed by atoms with E-state index in [1.165, 1.54) is 0 Å². The van der Waals surface area contributed by atoms with E-state index in [0.29, 0.717) is 53.8 Å². The summed E-state index contributed by atoms with van der Waals surface area (Å²) in [5.74, 6) is 1.24. The lowest BCUT2D eigenvalue weighted by Gasteiger charge is -2.32. The second kappa shape index (κ2) is 8.87. The number of nitrogens with one attached hydrogen (secondary N) is 1. The molecular weight excluding hydrogens is 478 g/mol. The molecule has 0 saturated carbocycles. The molecule has 1 amide bonds. The average Bonchev–Trinajstić information content (AvgIpc) is 3.60. The number of imidazole rings is 1. The molecule has 0 bridgehead atoms. The number of aromatic nitrogens is 4. The number of amides is 1. The molecular formula is C27H24ClN5O3. The van der Waals surface area contributed by atoms with E-state index in [1.807, 2.05) is 64.9 Å². The molecule has 4 heterocycles. The molecule has 0 aliphatic carbocycles. The number of nitrogens with zero attached hydrogens (tertiary/aromatic N) is 4. The van der Waals surface area contributed by atoms with Gasteiger partial charge < -0.3 is 14.3 Å². The molecule has 1 aliphatic heterocycles. The van der Waals surface area contributed by atoms with Crippen molar-refractivity contribution in [1.29, 1.82) is 0 Å². The normalized spacial score (nSPS) is 14.6. The first kappa shape index (κ1) is 22.4. The molecule has 1 aliphatic rings. The van der Waals surface area contributed by atoms with Crippen LogP contribution in [0.2, 0.25) is 5.02 Å². The minimum Gasteiger partial charge on any atom is -0.460 e. The second-order valence-corrected chi connectivity index (χ2v) is 9.49. The number of benzene rings is 2. The number of rotatable bonds is 4. The average molecular weight is 502 g/mol. The maximum Gasteiger partial charge on any atom is 0.326 e. The van der Waals surface area contributed by atoms with E-state index in [1.54, 1.807) is 22.9 Å². The van der Waals surface area contributed by atoms with Crippen LogP contribution in [0.25, 0.3) is 28.2 Å². The van der Waals surface area contributed by atoms with Gasteiger partial charge in [-0.2, -0.15) is 5.10 Å². The molecule has 0 radical (unpaired) electrons. The molecule has 3 aromatic heterocycles. The Kier molecular flexibility index (Phi) is 5.53. The third kappa shape index (κ3) is 3.93.